The number of fused-ring (bicyclic) bond motifs is 1. The summed E-state index contributed by atoms with van der Waals surface area (Å²) in [6.45, 7) is 8.07. The number of aromatic nitrogens is 1. The Labute approximate surface area is 161 Å². The van der Waals surface area contributed by atoms with Gasteiger partial charge in [-0.25, -0.2) is 0 Å². The number of carbonyl (C=O) groups is 1. The van der Waals surface area contributed by atoms with Gasteiger partial charge in [0, 0.05) is 56.1 Å². The van der Waals surface area contributed by atoms with Crippen LogP contribution in [0.5, 0.6) is 0 Å². The molecule has 4 rings (SSSR count). The molecule has 6 heteroatoms. The van der Waals surface area contributed by atoms with Crippen molar-refractivity contribution in [1.29, 1.82) is 0 Å². The summed E-state index contributed by atoms with van der Waals surface area (Å²) in [6.07, 6.45) is 4.75. The first-order valence-electron chi connectivity index (χ1n) is 10.2. The van der Waals surface area contributed by atoms with Gasteiger partial charge in [0.15, 0.2) is 0 Å². The van der Waals surface area contributed by atoms with Crippen LogP contribution >= 0.6 is 0 Å². The number of pyridine rings is 1. The normalized spacial score (nSPS) is 28.5. The average Bonchev–Trinajstić information content (AvgIpc) is 3.25. The molecule has 1 aromatic rings. The quantitative estimate of drug-likeness (QED) is 0.764. The number of amides is 1. The molecular formula is C21H30N2O4. The Balaban J connectivity index is 1.36. The predicted molar refractivity (Wildman–Crippen MR) is 101 cm³/mol. The number of aryl methyl sites for hydroxylation is 1. The highest BCUT2D eigenvalue weighted by Crippen LogP contribution is 2.42. The van der Waals surface area contributed by atoms with Crippen molar-refractivity contribution < 1.29 is 19.0 Å². The third-order valence-electron chi connectivity index (χ3n) is 6.33. The maximum Gasteiger partial charge on any atom is 0.255 e. The maximum atomic E-state index is 12.9. The highest BCUT2D eigenvalue weighted by atomic mass is 16.5. The van der Waals surface area contributed by atoms with Crippen LogP contribution < -0.4 is 0 Å². The standard InChI is InChI=1S/C21H30N2O4/c1-2-19-4-3-17(9-22-19)20(24)23-10-18-12-27-15-21(18,13-23)14-26-11-16-5-7-25-8-6-16/h3-4,9,16,18H,2,5-8,10-15H2,1H3/t18-,21-/m1/s1. The van der Waals surface area contributed by atoms with Crippen LogP contribution in [0.4, 0.5) is 0 Å². The summed E-state index contributed by atoms with van der Waals surface area (Å²) in [7, 11) is 0. The van der Waals surface area contributed by atoms with E-state index >= 15 is 0 Å². The Morgan fingerprint density at radius 1 is 1.33 bits per heavy atom. The lowest BCUT2D eigenvalue weighted by Gasteiger charge is -2.29. The molecule has 1 amide bonds. The third-order valence-corrected chi connectivity index (χ3v) is 6.33. The first-order valence-corrected chi connectivity index (χ1v) is 10.2. The van der Waals surface area contributed by atoms with Crippen LogP contribution in [0.2, 0.25) is 0 Å². The number of hydrogen-bond acceptors (Lipinski definition) is 5. The number of rotatable bonds is 6. The molecule has 3 saturated heterocycles. The molecule has 3 aliphatic heterocycles. The zero-order valence-corrected chi connectivity index (χ0v) is 16.2. The second kappa shape index (κ2) is 8.25. The lowest BCUT2D eigenvalue weighted by atomic mass is 9.82. The maximum absolute atomic E-state index is 12.9. The molecular weight excluding hydrogens is 344 g/mol. The number of hydrogen-bond donors (Lipinski definition) is 0. The molecule has 1 aromatic heterocycles. The van der Waals surface area contributed by atoms with Crippen LogP contribution in [0.15, 0.2) is 18.3 Å². The number of nitrogens with zero attached hydrogens (tertiary/aromatic N) is 2. The average molecular weight is 374 g/mol. The van der Waals surface area contributed by atoms with Gasteiger partial charge in [-0.05, 0) is 37.3 Å². The fourth-order valence-electron chi connectivity index (χ4n) is 4.48. The highest BCUT2D eigenvalue weighted by Gasteiger charge is 2.52. The van der Waals surface area contributed by atoms with E-state index in [0.717, 1.165) is 57.9 Å². The molecule has 0 spiro atoms. The van der Waals surface area contributed by atoms with Gasteiger partial charge in [-0.3, -0.25) is 9.78 Å². The molecule has 4 heterocycles. The summed E-state index contributed by atoms with van der Waals surface area (Å²) >= 11 is 0. The molecule has 2 atom stereocenters. The first kappa shape index (κ1) is 18.8. The van der Waals surface area contributed by atoms with E-state index in [0.29, 0.717) is 37.2 Å². The van der Waals surface area contributed by atoms with Gasteiger partial charge < -0.3 is 19.1 Å². The SMILES string of the molecule is CCc1ccc(C(=O)N2C[C@@H]3COC[C@]3(COCC3CCOCC3)C2)cn1. The van der Waals surface area contributed by atoms with Gasteiger partial charge in [-0.2, -0.15) is 0 Å². The van der Waals surface area contributed by atoms with Crippen molar-refractivity contribution >= 4 is 5.91 Å². The molecule has 0 radical (unpaired) electrons. The summed E-state index contributed by atoms with van der Waals surface area (Å²) in [5.74, 6) is 1.03. The Kier molecular flexibility index (Phi) is 5.76. The van der Waals surface area contributed by atoms with E-state index in [-0.39, 0.29) is 11.3 Å². The van der Waals surface area contributed by atoms with Crippen molar-refractivity contribution in [1.82, 2.24) is 9.88 Å². The van der Waals surface area contributed by atoms with Crippen LogP contribution in [-0.2, 0) is 20.6 Å². The Hall–Kier alpha value is -1.50. The fraction of sp³-hybridized carbons (Fsp3) is 0.714. The van der Waals surface area contributed by atoms with Gasteiger partial charge in [0.2, 0.25) is 0 Å². The highest BCUT2D eigenvalue weighted by molar-refractivity contribution is 5.94. The number of ether oxygens (including phenoxy) is 3. The third kappa shape index (κ3) is 4.03. The first-order chi connectivity index (χ1) is 13.2. The lowest BCUT2D eigenvalue weighted by molar-refractivity contribution is -0.0150. The summed E-state index contributed by atoms with van der Waals surface area (Å²) in [6, 6.07) is 3.84. The minimum absolute atomic E-state index is 0.0579. The van der Waals surface area contributed by atoms with Crippen LogP contribution in [0.25, 0.3) is 0 Å². The van der Waals surface area contributed by atoms with Crippen LogP contribution in [-0.4, -0.2) is 68.5 Å². The second-order valence-corrected chi connectivity index (χ2v) is 8.22. The van der Waals surface area contributed by atoms with Gasteiger partial charge in [0.25, 0.3) is 5.91 Å². The van der Waals surface area contributed by atoms with E-state index in [9.17, 15) is 4.79 Å². The van der Waals surface area contributed by atoms with Crippen molar-refractivity contribution in [2.24, 2.45) is 17.3 Å². The van der Waals surface area contributed by atoms with E-state index in [1.807, 2.05) is 17.0 Å². The minimum Gasteiger partial charge on any atom is -0.381 e. The van der Waals surface area contributed by atoms with Crippen LogP contribution in [0, 0.1) is 17.3 Å². The van der Waals surface area contributed by atoms with Crippen molar-refractivity contribution in [3.8, 4) is 0 Å². The summed E-state index contributed by atoms with van der Waals surface area (Å²) in [5.41, 5.74) is 1.63. The van der Waals surface area contributed by atoms with E-state index < -0.39 is 0 Å². The van der Waals surface area contributed by atoms with E-state index in [4.69, 9.17) is 14.2 Å². The van der Waals surface area contributed by atoms with Gasteiger partial charge >= 0.3 is 0 Å². The largest absolute Gasteiger partial charge is 0.381 e. The number of carbonyl (C=O) groups excluding carboxylic acids is 1. The van der Waals surface area contributed by atoms with Gasteiger partial charge in [0.1, 0.15) is 0 Å². The molecule has 3 aliphatic rings. The van der Waals surface area contributed by atoms with Gasteiger partial charge in [-0.1, -0.05) is 6.92 Å². The summed E-state index contributed by atoms with van der Waals surface area (Å²) < 4.78 is 17.3. The zero-order chi connectivity index (χ0) is 18.7. The summed E-state index contributed by atoms with van der Waals surface area (Å²) in [5, 5.41) is 0. The van der Waals surface area contributed by atoms with Gasteiger partial charge in [0.05, 0.1) is 25.4 Å². The van der Waals surface area contributed by atoms with E-state index in [1.165, 1.54) is 0 Å². The van der Waals surface area contributed by atoms with Crippen molar-refractivity contribution in [2.75, 3.05) is 52.7 Å². The lowest BCUT2D eigenvalue weighted by Crippen LogP contribution is -2.38. The van der Waals surface area contributed by atoms with Gasteiger partial charge in [-0.15, -0.1) is 0 Å². The number of likely N-dealkylation sites (tertiary alicyclic amines) is 1. The monoisotopic (exact) mass is 374 g/mol. The Bertz CT molecular complexity index is 644. The molecule has 0 saturated carbocycles. The molecule has 0 bridgehead atoms. The molecule has 0 aromatic carbocycles. The zero-order valence-electron chi connectivity index (χ0n) is 16.2. The van der Waals surface area contributed by atoms with Crippen molar-refractivity contribution in [3.63, 3.8) is 0 Å². The van der Waals surface area contributed by atoms with E-state index in [2.05, 4.69) is 11.9 Å². The predicted octanol–water partition coefficient (Wildman–Crippen LogP) is 2.18. The molecule has 3 fully saturated rings. The van der Waals surface area contributed by atoms with Crippen LogP contribution in [0.1, 0.15) is 35.8 Å². The minimum atomic E-state index is -0.0579. The topological polar surface area (TPSA) is 60.9 Å². The fourth-order valence-corrected chi connectivity index (χ4v) is 4.48. The van der Waals surface area contributed by atoms with Crippen LogP contribution in [0.3, 0.4) is 0 Å². The van der Waals surface area contributed by atoms with Crippen molar-refractivity contribution in [3.05, 3.63) is 29.6 Å². The Morgan fingerprint density at radius 2 is 2.19 bits per heavy atom. The van der Waals surface area contributed by atoms with E-state index in [1.54, 1.807) is 6.20 Å². The summed E-state index contributed by atoms with van der Waals surface area (Å²) in [4.78, 5) is 19.3. The second-order valence-electron chi connectivity index (χ2n) is 8.22. The Morgan fingerprint density at radius 3 is 2.93 bits per heavy atom. The molecule has 6 nitrogen and oxygen atoms in total. The molecule has 0 N–H and O–H groups in total. The van der Waals surface area contributed by atoms with Crippen molar-refractivity contribution in [2.45, 2.75) is 26.2 Å². The molecule has 0 aliphatic carbocycles. The smallest absolute Gasteiger partial charge is 0.255 e. The molecule has 148 valence electrons. The molecule has 27 heavy (non-hydrogen) atoms. The molecule has 0 unspecified atom stereocenters.